The third kappa shape index (κ3) is 7.20. The number of ether oxygens (including phenoxy) is 1. The van der Waals surface area contributed by atoms with Crippen LogP contribution in [0.5, 0.6) is 0 Å². The van der Waals surface area contributed by atoms with Gasteiger partial charge in [0.2, 0.25) is 0 Å². The molecule has 38 heavy (non-hydrogen) atoms. The number of rotatable bonds is 12. The molecule has 1 unspecified atom stereocenters. The van der Waals surface area contributed by atoms with Crippen LogP contribution in [0, 0.1) is 18.7 Å². The van der Waals surface area contributed by atoms with Gasteiger partial charge in [-0.2, -0.15) is 0 Å². The quantitative estimate of drug-likeness (QED) is 0.242. The molecule has 1 aliphatic carbocycles. The number of hydrogen-bond acceptors (Lipinski definition) is 4. The zero-order valence-electron chi connectivity index (χ0n) is 22.0. The Hall–Kier alpha value is -2.77. The summed E-state index contributed by atoms with van der Waals surface area (Å²) >= 11 is 5.80. The van der Waals surface area contributed by atoms with Crippen molar-refractivity contribution >= 4 is 17.6 Å². The van der Waals surface area contributed by atoms with Gasteiger partial charge in [-0.15, -0.1) is 0 Å². The molecule has 3 N–H and O–H groups in total. The number of aliphatic hydroxyl groups excluding tert-OH is 1. The van der Waals surface area contributed by atoms with Gasteiger partial charge in [0.1, 0.15) is 5.82 Å². The van der Waals surface area contributed by atoms with E-state index in [2.05, 4.69) is 11.4 Å². The number of β-amino-alcohol motifs (C(OH)–C–C–N with tert-alkyl or cyclic N) is 1. The number of carbonyl (C=O) groups is 1. The van der Waals surface area contributed by atoms with Gasteiger partial charge in [-0.05, 0) is 92.0 Å². The molecule has 2 atom stereocenters. The zero-order chi connectivity index (χ0) is 27.4. The molecule has 0 aromatic heterocycles. The lowest BCUT2D eigenvalue weighted by atomic mass is 9.92. The van der Waals surface area contributed by atoms with E-state index < -0.39 is 17.9 Å². The summed E-state index contributed by atoms with van der Waals surface area (Å²) in [5.74, 6) is -0.993. The van der Waals surface area contributed by atoms with Crippen LogP contribution < -0.4 is 5.32 Å². The van der Waals surface area contributed by atoms with Crippen LogP contribution in [-0.2, 0) is 11.2 Å². The fourth-order valence-electron chi connectivity index (χ4n) is 4.85. The molecule has 7 heteroatoms. The highest BCUT2D eigenvalue weighted by molar-refractivity contribution is 6.30. The number of aryl methyl sites for hydroxylation is 1. The summed E-state index contributed by atoms with van der Waals surface area (Å²) in [6.45, 7) is 6.32. The van der Waals surface area contributed by atoms with Crippen LogP contribution in [0.25, 0.3) is 11.1 Å². The highest BCUT2D eigenvalue weighted by atomic mass is 35.5. The molecule has 3 aromatic carbocycles. The summed E-state index contributed by atoms with van der Waals surface area (Å²) in [6, 6.07) is 18.2. The van der Waals surface area contributed by atoms with Gasteiger partial charge in [0, 0.05) is 12.1 Å². The van der Waals surface area contributed by atoms with Crippen molar-refractivity contribution in [3.05, 3.63) is 93.8 Å². The molecule has 202 valence electrons. The second-order valence-electron chi connectivity index (χ2n) is 10.9. The maximum Gasteiger partial charge on any atom is 0.335 e. The first-order valence-electron chi connectivity index (χ1n) is 13.0. The van der Waals surface area contributed by atoms with E-state index in [4.69, 9.17) is 16.3 Å². The third-order valence-electron chi connectivity index (χ3n) is 7.00. The van der Waals surface area contributed by atoms with Crippen LogP contribution in [-0.4, -0.2) is 41.0 Å². The number of hydrogen-bond donors (Lipinski definition) is 3. The van der Waals surface area contributed by atoms with Crippen molar-refractivity contribution in [3.8, 4) is 11.1 Å². The van der Waals surface area contributed by atoms with Gasteiger partial charge >= 0.3 is 5.97 Å². The maximum atomic E-state index is 13.8. The van der Waals surface area contributed by atoms with Crippen molar-refractivity contribution in [2.24, 2.45) is 5.92 Å². The number of carboxylic acids is 1. The van der Waals surface area contributed by atoms with Crippen molar-refractivity contribution in [2.45, 2.75) is 57.8 Å². The molecule has 0 spiro atoms. The summed E-state index contributed by atoms with van der Waals surface area (Å²) in [5.41, 5.74) is 4.45. The lowest BCUT2D eigenvalue weighted by Crippen LogP contribution is -2.46. The number of carboxylic acid groups (broad SMARTS) is 1. The largest absolute Gasteiger partial charge is 0.478 e. The van der Waals surface area contributed by atoms with Crippen molar-refractivity contribution in [1.82, 2.24) is 5.32 Å². The van der Waals surface area contributed by atoms with Gasteiger partial charge in [0.05, 0.1) is 29.4 Å². The Balaban J connectivity index is 1.40. The van der Waals surface area contributed by atoms with E-state index in [1.54, 1.807) is 19.1 Å². The predicted molar refractivity (Wildman–Crippen MR) is 148 cm³/mol. The van der Waals surface area contributed by atoms with E-state index in [0.717, 1.165) is 35.1 Å². The second kappa shape index (κ2) is 12.0. The van der Waals surface area contributed by atoms with E-state index in [9.17, 15) is 19.4 Å². The standard InChI is InChI=1S/C31H35ClFNO4/c1-19-14-22(11-12-24(19)30(36)37)25-6-4-5-7-26(25)29(21-9-10-21)38-18-23(35)17-34-31(2,3)16-20-8-13-27(32)28(33)15-20/h4-8,11-15,21,23,29,34-35H,9-10,16-18H2,1-3H3,(H,36,37)/t23-,29?/m0/s1. The van der Waals surface area contributed by atoms with Crippen LogP contribution in [0.15, 0.2) is 60.7 Å². The van der Waals surface area contributed by atoms with Crippen molar-refractivity contribution in [2.75, 3.05) is 13.2 Å². The minimum atomic E-state index is -0.937. The highest BCUT2D eigenvalue weighted by Gasteiger charge is 2.35. The Labute approximate surface area is 228 Å². The third-order valence-corrected chi connectivity index (χ3v) is 7.31. The van der Waals surface area contributed by atoms with Crippen LogP contribution in [0.2, 0.25) is 5.02 Å². The molecular formula is C31H35ClFNO4. The predicted octanol–water partition coefficient (Wildman–Crippen LogP) is 6.59. The first-order chi connectivity index (χ1) is 18.0. The molecule has 5 nitrogen and oxygen atoms in total. The van der Waals surface area contributed by atoms with E-state index in [1.165, 1.54) is 6.07 Å². The number of nitrogens with one attached hydrogen (secondary N) is 1. The van der Waals surface area contributed by atoms with E-state index in [-0.39, 0.29) is 23.3 Å². The average Bonchev–Trinajstić information content (AvgIpc) is 3.70. The molecule has 1 saturated carbocycles. The first kappa shape index (κ1) is 28.2. The Morgan fingerprint density at radius 2 is 1.89 bits per heavy atom. The molecule has 3 aromatic rings. The van der Waals surface area contributed by atoms with Crippen molar-refractivity contribution in [1.29, 1.82) is 0 Å². The number of aromatic carboxylic acids is 1. The van der Waals surface area contributed by atoms with Crippen molar-refractivity contribution in [3.63, 3.8) is 0 Å². The molecule has 0 bridgehead atoms. The fourth-order valence-corrected chi connectivity index (χ4v) is 4.97. The zero-order valence-corrected chi connectivity index (χ0v) is 22.8. The molecule has 1 fully saturated rings. The number of aliphatic hydroxyl groups is 1. The van der Waals surface area contributed by atoms with Crippen LogP contribution in [0.1, 0.15) is 59.8 Å². The summed E-state index contributed by atoms with van der Waals surface area (Å²) in [5, 5.41) is 23.6. The van der Waals surface area contributed by atoms with E-state index >= 15 is 0 Å². The number of benzene rings is 3. The van der Waals surface area contributed by atoms with Gasteiger partial charge in [-0.3, -0.25) is 0 Å². The Morgan fingerprint density at radius 1 is 1.16 bits per heavy atom. The molecule has 0 amide bonds. The van der Waals surface area contributed by atoms with Crippen LogP contribution in [0.3, 0.4) is 0 Å². The first-order valence-corrected chi connectivity index (χ1v) is 13.3. The Kier molecular flexibility index (Phi) is 8.89. The second-order valence-corrected chi connectivity index (χ2v) is 11.3. The highest BCUT2D eigenvalue weighted by Crippen LogP contribution is 2.46. The molecule has 0 saturated heterocycles. The van der Waals surface area contributed by atoms with Crippen LogP contribution in [0.4, 0.5) is 4.39 Å². The lowest BCUT2D eigenvalue weighted by Gasteiger charge is -2.29. The SMILES string of the molecule is Cc1cc(-c2ccccc2C(OC[C@@H](O)CNC(C)(C)Cc2ccc(Cl)c(F)c2)C2CC2)ccc1C(=O)O. The van der Waals surface area contributed by atoms with Gasteiger partial charge in [-0.25, -0.2) is 9.18 Å². The van der Waals surface area contributed by atoms with Crippen LogP contribution >= 0.6 is 11.6 Å². The molecular weight excluding hydrogens is 505 g/mol. The topological polar surface area (TPSA) is 78.8 Å². The van der Waals surface area contributed by atoms with Gasteiger partial charge in [0.15, 0.2) is 0 Å². The van der Waals surface area contributed by atoms with Gasteiger partial charge < -0.3 is 20.3 Å². The maximum absolute atomic E-state index is 13.8. The average molecular weight is 540 g/mol. The summed E-state index contributed by atoms with van der Waals surface area (Å²) in [6.07, 6.45) is 1.82. The van der Waals surface area contributed by atoms with E-state index in [0.29, 0.717) is 30.0 Å². The normalized spacial score (nSPS) is 15.3. The summed E-state index contributed by atoms with van der Waals surface area (Å²) in [7, 11) is 0. The minimum Gasteiger partial charge on any atom is -0.478 e. The lowest BCUT2D eigenvalue weighted by molar-refractivity contribution is -0.0209. The van der Waals surface area contributed by atoms with Gasteiger partial charge in [0.25, 0.3) is 0 Å². The molecule has 4 rings (SSSR count). The fraction of sp³-hybridized carbons (Fsp3) is 0.387. The van der Waals surface area contributed by atoms with Gasteiger partial charge in [-0.1, -0.05) is 54.1 Å². The van der Waals surface area contributed by atoms with E-state index in [1.807, 2.05) is 50.2 Å². The summed E-state index contributed by atoms with van der Waals surface area (Å²) in [4.78, 5) is 11.5. The smallest absolute Gasteiger partial charge is 0.335 e. The molecule has 0 radical (unpaired) electrons. The van der Waals surface area contributed by atoms with Crippen molar-refractivity contribution < 1.29 is 24.1 Å². The Morgan fingerprint density at radius 3 is 2.55 bits per heavy atom. The minimum absolute atomic E-state index is 0.103. The number of halogens is 2. The monoisotopic (exact) mass is 539 g/mol. The molecule has 0 aliphatic heterocycles. The Bertz CT molecular complexity index is 1290. The summed E-state index contributed by atoms with van der Waals surface area (Å²) < 4.78 is 20.2. The molecule has 1 aliphatic rings. The molecule has 0 heterocycles.